The minimum absolute atomic E-state index is 0.0207. The second kappa shape index (κ2) is 31.9. The maximum atomic E-state index is 15.4. The van der Waals surface area contributed by atoms with Crippen LogP contribution in [0.25, 0.3) is 0 Å². The van der Waals surface area contributed by atoms with Gasteiger partial charge in [0.25, 0.3) is 0 Å². The van der Waals surface area contributed by atoms with E-state index < -0.39 is 155 Å². The van der Waals surface area contributed by atoms with Crippen LogP contribution in [0, 0.1) is 35.5 Å². The number of alkyl halides is 4. The number of likely N-dealkylation sites (N-methyl/N-ethyl adjacent to an activating group) is 6. The van der Waals surface area contributed by atoms with E-state index in [9.17, 15) is 51.5 Å². The molecule has 3 N–H and O–H groups in total. The first kappa shape index (κ1) is 74.6. The van der Waals surface area contributed by atoms with Crippen molar-refractivity contribution in [3.05, 3.63) is 0 Å². The van der Waals surface area contributed by atoms with Crippen molar-refractivity contribution in [3.8, 4) is 0 Å². The van der Waals surface area contributed by atoms with Crippen molar-refractivity contribution in [2.75, 3.05) is 61.9 Å². The minimum Gasteiger partial charge on any atom is -0.343 e. The Kier molecular flexibility index (Phi) is 25.6. The summed E-state index contributed by atoms with van der Waals surface area (Å²) in [7, 11) is 9.07. The smallest absolute Gasteiger partial charge is 0.343 e. The molecule has 3 aliphatic heterocycles. The molecule has 3 heterocycles. The van der Waals surface area contributed by atoms with Gasteiger partial charge in [-0.15, -0.1) is 11.6 Å². The first-order chi connectivity index (χ1) is 43.7. The van der Waals surface area contributed by atoms with Gasteiger partial charge in [-0.3, -0.25) is 52.7 Å². The SMILES string of the molecule is CC[C@H](C)[C@@H]1NC(=O)[C@H](CC(C)C)N(C)C(=O)C[C@@H](C)N(C)C(=O)[C@H](C2CCCC2)N(C)C(=O)C2(CCCC2)NC(=O)[C@@H]2CCCN2C(=O)[C@H](CCC2CCC(C(F)(F)F)C(Cl)C2)NC(=O)CN(C)C(=O)[C@H](C2CCCC2)N(C)C(=O)[C@@H]2CCN2C(=O)[C@H](C)N(C)C1=O. The van der Waals surface area contributed by atoms with E-state index in [1.54, 1.807) is 34.9 Å². The highest BCUT2D eigenvalue weighted by molar-refractivity contribution is 6.20. The predicted octanol–water partition coefficient (Wildman–Crippen LogP) is 5.85. The van der Waals surface area contributed by atoms with Gasteiger partial charge in [0.2, 0.25) is 65.0 Å². The summed E-state index contributed by atoms with van der Waals surface area (Å²) >= 11 is 6.38. The molecule has 22 nitrogen and oxygen atoms in total. The molecule has 3 unspecified atom stereocenters. The molecule has 26 heteroatoms. The van der Waals surface area contributed by atoms with Gasteiger partial charge in [0.05, 0.1) is 12.5 Å². The summed E-state index contributed by atoms with van der Waals surface area (Å²) in [6, 6.07) is -9.44. The van der Waals surface area contributed by atoms with Gasteiger partial charge in [0, 0.05) is 73.2 Å². The lowest BCUT2D eigenvalue weighted by atomic mass is 9.78. The van der Waals surface area contributed by atoms with Crippen molar-refractivity contribution >= 4 is 76.6 Å². The summed E-state index contributed by atoms with van der Waals surface area (Å²) in [5, 5.41) is 7.69. The second-order valence-electron chi connectivity index (χ2n) is 29.0. The molecule has 0 aromatic heterocycles. The fourth-order valence-electron chi connectivity index (χ4n) is 15.9. The molecule has 0 radical (unpaired) electrons. The zero-order chi connectivity index (χ0) is 68.7. The van der Waals surface area contributed by atoms with Gasteiger partial charge in [-0.1, -0.05) is 72.6 Å². The van der Waals surface area contributed by atoms with E-state index in [2.05, 4.69) is 16.0 Å². The molecule has 7 rings (SSSR count). The highest BCUT2D eigenvalue weighted by atomic mass is 35.5. The highest BCUT2D eigenvalue weighted by Gasteiger charge is 2.53. The Hall–Kier alpha value is -5.75. The van der Waals surface area contributed by atoms with Crippen LogP contribution in [0.1, 0.15) is 189 Å². The largest absolute Gasteiger partial charge is 0.393 e. The Morgan fingerprint density at radius 3 is 1.73 bits per heavy atom. The normalized spacial score (nSPS) is 32.3. The first-order valence-electron chi connectivity index (χ1n) is 34.6. The van der Waals surface area contributed by atoms with Crippen molar-refractivity contribution in [1.82, 2.24) is 55.1 Å². The standard InChI is InChI=1S/C67H107ClF3N11O11/c1-13-40(4)54-62(90)77(9)42(6)59(87)82-34-30-50(82)61(89)79(11)55(44-21-14-15-22-44)63(91)75(7)38-52(83)72-48(29-27-43-26-28-46(47(68)37-43)67(69,70)71)60(88)81-33-20-25-49(81)58(86)74-66(31-18-19-32-66)65(93)80(12)56(45-23-16-17-24-45)64(92)76(8)41(5)36-53(84)78(10)51(35-39(2)3)57(85)73-54/h39-51,54-56H,13-38H2,1-12H3,(H,72,83)(H,73,85)(H,74,86)/t40-,41+,42-,43?,46?,47?,48-,49-,50-,51-,54-,55-,56-/m0/s1. The van der Waals surface area contributed by atoms with Crippen molar-refractivity contribution in [3.63, 3.8) is 0 Å². The van der Waals surface area contributed by atoms with E-state index in [1.165, 1.54) is 67.4 Å². The Labute approximate surface area is 553 Å². The molecule has 7 fully saturated rings. The third kappa shape index (κ3) is 17.1. The van der Waals surface area contributed by atoms with Crippen LogP contribution in [0.3, 0.4) is 0 Å². The van der Waals surface area contributed by atoms with Crippen LogP contribution in [0.5, 0.6) is 0 Å². The summed E-state index contributed by atoms with van der Waals surface area (Å²) in [5.74, 6) is -9.11. The fourth-order valence-corrected chi connectivity index (χ4v) is 16.4. The van der Waals surface area contributed by atoms with E-state index in [0.29, 0.717) is 51.4 Å². The molecule has 4 saturated carbocycles. The van der Waals surface area contributed by atoms with Crippen molar-refractivity contribution in [1.29, 1.82) is 0 Å². The lowest BCUT2D eigenvalue weighted by molar-refractivity contribution is -0.182. The van der Waals surface area contributed by atoms with Crippen LogP contribution in [-0.4, -0.2) is 238 Å². The number of fused-ring (bicyclic) bond motifs is 2. The molecule has 524 valence electrons. The summed E-state index contributed by atoms with van der Waals surface area (Å²) in [6.07, 6.45) is 4.40. The molecule has 7 aliphatic rings. The van der Waals surface area contributed by atoms with E-state index in [0.717, 1.165) is 25.7 Å². The second-order valence-corrected chi connectivity index (χ2v) is 29.6. The Morgan fingerprint density at radius 1 is 0.591 bits per heavy atom. The average Bonchev–Trinajstić information content (AvgIpc) is 1.77. The molecule has 0 bridgehead atoms. The van der Waals surface area contributed by atoms with Gasteiger partial charge in [-0.2, -0.15) is 13.2 Å². The number of nitrogens with zero attached hydrogens (tertiary/aromatic N) is 8. The van der Waals surface area contributed by atoms with Crippen LogP contribution < -0.4 is 16.0 Å². The first-order valence-corrected chi connectivity index (χ1v) is 35.0. The number of amides is 11. The third-order valence-electron chi connectivity index (χ3n) is 22.3. The Balaban J connectivity index is 1.23. The van der Waals surface area contributed by atoms with Gasteiger partial charge in [-0.25, -0.2) is 0 Å². The predicted molar refractivity (Wildman–Crippen MR) is 343 cm³/mol. The lowest BCUT2D eigenvalue weighted by Crippen LogP contribution is -2.65. The van der Waals surface area contributed by atoms with Crippen molar-refractivity contribution in [2.24, 2.45) is 35.5 Å². The number of carbonyl (C=O) groups excluding carboxylic acids is 11. The number of carbonyl (C=O) groups is 11. The topological polar surface area (TPSA) is 250 Å². The van der Waals surface area contributed by atoms with E-state index in [1.807, 2.05) is 20.8 Å². The molecular formula is C67H107ClF3N11O11. The number of hydrogen-bond donors (Lipinski definition) is 3. The van der Waals surface area contributed by atoms with Crippen LogP contribution in [0.4, 0.5) is 13.2 Å². The highest BCUT2D eigenvalue weighted by Crippen LogP contribution is 2.44. The molecule has 11 amide bonds. The zero-order valence-corrected chi connectivity index (χ0v) is 58.0. The van der Waals surface area contributed by atoms with Crippen LogP contribution in [-0.2, 0) is 52.7 Å². The fraction of sp³-hybridized carbons (Fsp3) is 0.836. The van der Waals surface area contributed by atoms with Gasteiger partial charge in [0.1, 0.15) is 53.9 Å². The zero-order valence-electron chi connectivity index (χ0n) is 57.2. The van der Waals surface area contributed by atoms with Gasteiger partial charge < -0.3 is 55.1 Å². The summed E-state index contributed by atoms with van der Waals surface area (Å²) in [5.41, 5.74) is -1.46. The van der Waals surface area contributed by atoms with E-state index in [-0.39, 0.29) is 107 Å². The summed E-state index contributed by atoms with van der Waals surface area (Å²) in [6.45, 7) is 10.5. The lowest BCUT2D eigenvalue weighted by Gasteiger charge is -2.45. The maximum Gasteiger partial charge on any atom is 0.393 e. The number of rotatable bonds is 9. The van der Waals surface area contributed by atoms with Gasteiger partial charge in [-0.05, 0) is 140 Å². The maximum absolute atomic E-state index is 15.4. The number of halogens is 4. The molecule has 1 spiro atoms. The number of hydrogen-bond acceptors (Lipinski definition) is 11. The van der Waals surface area contributed by atoms with E-state index in [4.69, 9.17) is 11.6 Å². The van der Waals surface area contributed by atoms with Crippen LogP contribution in [0.2, 0.25) is 0 Å². The van der Waals surface area contributed by atoms with Crippen molar-refractivity contribution in [2.45, 2.75) is 261 Å². The Bertz CT molecular complexity index is 2720. The molecule has 3 saturated heterocycles. The minimum atomic E-state index is -4.49. The molecule has 13 atom stereocenters. The molecule has 93 heavy (non-hydrogen) atoms. The van der Waals surface area contributed by atoms with Crippen molar-refractivity contribution < 1.29 is 65.9 Å². The van der Waals surface area contributed by atoms with E-state index >= 15 is 14.4 Å². The monoisotopic (exact) mass is 1330 g/mol. The van der Waals surface area contributed by atoms with Gasteiger partial charge in [0.15, 0.2) is 0 Å². The third-order valence-corrected chi connectivity index (χ3v) is 22.8. The molecule has 4 aliphatic carbocycles. The Morgan fingerprint density at radius 2 is 1.18 bits per heavy atom. The summed E-state index contributed by atoms with van der Waals surface area (Å²) < 4.78 is 41.8. The van der Waals surface area contributed by atoms with Crippen LogP contribution >= 0.6 is 11.6 Å². The van der Waals surface area contributed by atoms with Gasteiger partial charge >= 0.3 is 6.18 Å². The average molecular weight is 1340 g/mol. The quantitative estimate of drug-likeness (QED) is 0.231. The summed E-state index contributed by atoms with van der Waals surface area (Å²) in [4.78, 5) is 174. The van der Waals surface area contributed by atoms with Crippen LogP contribution in [0.15, 0.2) is 0 Å². The number of nitrogens with one attached hydrogen (secondary N) is 3. The molecular weight excluding hydrogens is 1230 g/mol. The molecule has 0 aromatic carbocycles. The molecule has 0 aromatic rings.